The van der Waals surface area contributed by atoms with Gasteiger partial charge in [0.25, 0.3) is 0 Å². The maximum atomic E-state index is 4.93. The number of halogens is 3. The van der Waals surface area contributed by atoms with E-state index in [1.807, 2.05) is 0 Å². The minimum absolute atomic E-state index is 0.826. The average molecular weight is 519 g/mol. The molecule has 0 fully saturated rings. The molecule has 4 heteroatoms. The first-order valence-corrected chi connectivity index (χ1v) is 15.3. The van der Waals surface area contributed by atoms with E-state index in [4.69, 9.17) is 17.0 Å². The van der Waals surface area contributed by atoms with Crippen LogP contribution in [0.2, 0.25) is 0 Å². The summed E-state index contributed by atoms with van der Waals surface area (Å²) < 4.78 is 1.18. The quantitative estimate of drug-likeness (QED) is 0.262. The van der Waals surface area contributed by atoms with Gasteiger partial charge >= 0.3 is 37.9 Å². The molecule has 0 atom stereocenters. The van der Waals surface area contributed by atoms with Gasteiger partial charge in [-0.3, -0.25) is 0 Å². The van der Waals surface area contributed by atoms with Crippen LogP contribution in [0, 0.1) is 48.5 Å². The Bertz CT molecular complexity index is 724. The van der Waals surface area contributed by atoms with E-state index < -0.39 is 20.8 Å². The summed E-state index contributed by atoms with van der Waals surface area (Å²) in [5, 5.41) is 2.73. The van der Waals surface area contributed by atoms with Gasteiger partial charge in [-0.2, -0.15) is 33.9 Å². The van der Waals surface area contributed by atoms with Crippen molar-refractivity contribution in [2.24, 2.45) is 0 Å². The molecule has 0 aromatic heterocycles. The molecule has 0 bridgehead atoms. The Kier molecular flexibility index (Phi) is 9.69. The summed E-state index contributed by atoms with van der Waals surface area (Å²) in [5.41, 5.74) is 10.0. The minimum atomic E-state index is -0.826. The molecule has 0 N–H and O–H groups in total. The second-order valence-corrected chi connectivity index (χ2v) is 11.0. The van der Waals surface area contributed by atoms with Gasteiger partial charge < -0.3 is 0 Å². The normalized spacial score (nSPS) is 9.84. The van der Waals surface area contributed by atoms with Crippen molar-refractivity contribution in [2.45, 2.75) is 48.5 Å². The number of hydrogen-bond acceptors (Lipinski definition) is 0. The number of aryl methyl sites for hydroxylation is 2. The van der Waals surface area contributed by atoms with Gasteiger partial charge in [-0.15, -0.1) is 28.5 Å². The fourth-order valence-electron chi connectivity index (χ4n) is 2.96. The van der Waals surface area contributed by atoms with E-state index in [2.05, 4.69) is 88.7 Å². The van der Waals surface area contributed by atoms with Crippen LogP contribution in [0.25, 0.3) is 10.8 Å². The van der Waals surface area contributed by atoms with Crippen LogP contribution in [0.15, 0.2) is 28.7 Å². The molecule has 3 rings (SSSR count). The third kappa shape index (κ3) is 5.80. The van der Waals surface area contributed by atoms with Gasteiger partial charge in [0.1, 0.15) is 0 Å². The van der Waals surface area contributed by atoms with Crippen molar-refractivity contribution in [1.29, 1.82) is 0 Å². The Morgan fingerprint density at radius 1 is 0.920 bits per heavy atom. The summed E-state index contributed by atoms with van der Waals surface area (Å²) in [6, 6.07) is 8.70. The molecule has 0 saturated carbocycles. The molecule has 0 aliphatic heterocycles. The van der Waals surface area contributed by atoms with Crippen LogP contribution in [0.5, 0.6) is 0 Å². The SMILES string of the molecule is Cc1c(C)c(C)[c-](C)c1C.Cc1ccc(C)c2[cH-]c(Br)cc12.[Cl][Zr+2][Cl]. The zero-order valence-corrected chi connectivity index (χ0v) is 21.5. The van der Waals surface area contributed by atoms with Crippen molar-refractivity contribution in [2.75, 3.05) is 0 Å². The van der Waals surface area contributed by atoms with E-state index in [1.165, 1.54) is 54.2 Å². The van der Waals surface area contributed by atoms with E-state index in [9.17, 15) is 0 Å². The maximum absolute atomic E-state index is 4.93. The Balaban J connectivity index is 0.000000220. The molecule has 0 aliphatic rings. The average Bonchev–Trinajstić information content (AvgIpc) is 3.05. The first-order chi connectivity index (χ1) is 11.6. The van der Waals surface area contributed by atoms with Crippen LogP contribution in [0.4, 0.5) is 0 Å². The molecule has 3 aromatic carbocycles. The predicted molar refractivity (Wildman–Crippen MR) is 114 cm³/mol. The van der Waals surface area contributed by atoms with Gasteiger partial charge in [0.2, 0.25) is 0 Å². The molecule has 0 aliphatic carbocycles. The standard InChI is InChI=1S/C11H10Br.C10H15.2ClH.Zr/c1-7-3-4-8(2)11-6-9(12)5-10(7)11;1-6-7(2)9(4)10(5)8(6)3;;;/h3-6H,1-2H3;1-5H3;2*1H;/q2*-1;;;+4/p-2. The van der Waals surface area contributed by atoms with Gasteiger partial charge in [0, 0.05) is 0 Å². The summed E-state index contributed by atoms with van der Waals surface area (Å²) in [7, 11) is 9.87. The molecule has 0 unspecified atom stereocenters. The van der Waals surface area contributed by atoms with Crippen LogP contribution in [-0.4, -0.2) is 0 Å². The number of benzene rings is 1. The molecule has 3 aromatic rings. The topological polar surface area (TPSA) is 0 Å². The third-order valence-electron chi connectivity index (χ3n) is 5.10. The third-order valence-corrected chi connectivity index (χ3v) is 5.56. The number of hydrogen-bond donors (Lipinski definition) is 0. The Labute approximate surface area is 179 Å². The molecule has 0 spiro atoms. The molecule has 0 amide bonds. The molecule has 0 nitrogen and oxygen atoms in total. The van der Waals surface area contributed by atoms with E-state index in [0.29, 0.717) is 0 Å². The Morgan fingerprint density at radius 2 is 1.36 bits per heavy atom. The van der Waals surface area contributed by atoms with Gasteiger partial charge in [0.15, 0.2) is 0 Å². The Hall–Kier alpha value is 0.123. The Morgan fingerprint density at radius 3 is 1.72 bits per heavy atom. The van der Waals surface area contributed by atoms with Crippen molar-refractivity contribution < 1.29 is 20.8 Å². The second kappa shape index (κ2) is 10.5. The number of fused-ring (bicyclic) bond motifs is 1. The summed E-state index contributed by atoms with van der Waals surface area (Å²) in [6.45, 7) is 15.3. The molecule has 0 heterocycles. The monoisotopic (exact) mass is 516 g/mol. The van der Waals surface area contributed by atoms with Crippen LogP contribution in [-0.2, 0) is 20.8 Å². The molecular weight excluding hydrogens is 494 g/mol. The summed E-state index contributed by atoms with van der Waals surface area (Å²) in [6.07, 6.45) is 0. The van der Waals surface area contributed by atoms with Crippen molar-refractivity contribution in [3.8, 4) is 0 Å². The molecule has 25 heavy (non-hydrogen) atoms. The summed E-state index contributed by atoms with van der Waals surface area (Å²) in [5.74, 6) is 0. The molecule has 0 saturated heterocycles. The summed E-state index contributed by atoms with van der Waals surface area (Å²) >= 11 is 2.67. The molecule has 134 valence electrons. The second-order valence-electron chi connectivity index (χ2n) is 6.40. The van der Waals surface area contributed by atoms with Crippen LogP contribution < -0.4 is 0 Å². The first-order valence-electron chi connectivity index (χ1n) is 8.13. The van der Waals surface area contributed by atoms with Gasteiger partial charge in [-0.25, -0.2) is 0 Å². The van der Waals surface area contributed by atoms with Crippen LogP contribution in [0.1, 0.15) is 38.9 Å². The van der Waals surface area contributed by atoms with Gasteiger partial charge in [-0.1, -0.05) is 73.6 Å². The van der Waals surface area contributed by atoms with E-state index in [0.717, 1.165) is 0 Å². The van der Waals surface area contributed by atoms with Crippen LogP contribution >= 0.6 is 33.0 Å². The van der Waals surface area contributed by atoms with E-state index in [-0.39, 0.29) is 0 Å². The van der Waals surface area contributed by atoms with E-state index >= 15 is 0 Å². The van der Waals surface area contributed by atoms with Gasteiger partial charge in [-0.05, 0) is 6.92 Å². The van der Waals surface area contributed by atoms with Crippen molar-refractivity contribution in [3.63, 3.8) is 0 Å². The first kappa shape index (κ1) is 23.2. The molecular formula is C21H25BrCl2Zr. The fraction of sp³-hybridized carbons (Fsp3) is 0.333. The number of rotatable bonds is 0. The van der Waals surface area contributed by atoms with Crippen molar-refractivity contribution in [1.82, 2.24) is 0 Å². The zero-order valence-electron chi connectivity index (χ0n) is 15.9. The van der Waals surface area contributed by atoms with Crippen LogP contribution in [0.3, 0.4) is 0 Å². The fourth-order valence-corrected chi connectivity index (χ4v) is 3.42. The summed E-state index contributed by atoms with van der Waals surface area (Å²) in [4.78, 5) is 0. The molecule has 0 radical (unpaired) electrons. The van der Waals surface area contributed by atoms with E-state index in [1.54, 1.807) is 0 Å². The predicted octanol–water partition coefficient (Wildman–Crippen LogP) is 8.26. The van der Waals surface area contributed by atoms with Crippen molar-refractivity contribution >= 4 is 43.7 Å². The zero-order chi connectivity index (χ0) is 19.3. The van der Waals surface area contributed by atoms with Crippen molar-refractivity contribution in [3.05, 3.63) is 67.7 Å². The van der Waals surface area contributed by atoms with Gasteiger partial charge in [0.05, 0.1) is 0 Å².